The second-order valence-corrected chi connectivity index (χ2v) is 5.05. The van der Waals surface area contributed by atoms with E-state index in [1.54, 1.807) is 25.6 Å². The minimum absolute atomic E-state index is 0.252. The fourth-order valence-corrected chi connectivity index (χ4v) is 2.86. The minimum Gasteiger partial charge on any atom is -0.493 e. The summed E-state index contributed by atoms with van der Waals surface area (Å²) in [6.45, 7) is 0. The van der Waals surface area contributed by atoms with Crippen molar-refractivity contribution in [3.8, 4) is 11.5 Å². The Hall–Kier alpha value is -1.23. The van der Waals surface area contributed by atoms with Gasteiger partial charge in [-0.15, -0.1) is 11.3 Å². The maximum atomic E-state index is 6.32. The monoisotopic (exact) mass is 283 g/mol. The van der Waals surface area contributed by atoms with Crippen LogP contribution in [0.15, 0.2) is 29.6 Å². The third-order valence-corrected chi connectivity index (χ3v) is 4.04. The Kier molecular flexibility index (Phi) is 4.11. The molecule has 5 heteroatoms. The molecule has 0 fully saturated rings. The van der Waals surface area contributed by atoms with Gasteiger partial charge in [0.05, 0.1) is 25.3 Å². The fraction of sp³-hybridized carbons (Fsp3) is 0.231. The van der Waals surface area contributed by atoms with Crippen molar-refractivity contribution in [2.75, 3.05) is 14.2 Å². The van der Waals surface area contributed by atoms with E-state index >= 15 is 0 Å². The SMILES string of the molecule is COc1ccc([C@H](N)c2cccs2)c(Cl)c1OC. The van der Waals surface area contributed by atoms with Gasteiger partial charge in [-0.1, -0.05) is 23.7 Å². The van der Waals surface area contributed by atoms with Crippen molar-refractivity contribution in [3.05, 3.63) is 45.1 Å². The molecule has 0 aliphatic heterocycles. The third-order valence-electron chi connectivity index (χ3n) is 2.70. The predicted molar refractivity (Wildman–Crippen MR) is 74.9 cm³/mol. The Bertz CT molecular complexity index is 528. The van der Waals surface area contributed by atoms with E-state index in [-0.39, 0.29) is 6.04 Å². The third kappa shape index (κ3) is 2.32. The molecule has 96 valence electrons. The first-order chi connectivity index (χ1) is 8.69. The molecule has 0 spiro atoms. The smallest absolute Gasteiger partial charge is 0.179 e. The van der Waals surface area contributed by atoms with E-state index in [2.05, 4.69) is 0 Å². The van der Waals surface area contributed by atoms with E-state index in [9.17, 15) is 0 Å². The van der Waals surface area contributed by atoms with Crippen LogP contribution >= 0.6 is 22.9 Å². The highest BCUT2D eigenvalue weighted by atomic mass is 35.5. The van der Waals surface area contributed by atoms with Crippen LogP contribution in [-0.2, 0) is 0 Å². The van der Waals surface area contributed by atoms with Gasteiger partial charge in [-0.3, -0.25) is 0 Å². The molecule has 2 rings (SSSR count). The summed E-state index contributed by atoms with van der Waals surface area (Å²) in [6.07, 6.45) is 0. The average molecular weight is 284 g/mol. The van der Waals surface area contributed by atoms with Crippen LogP contribution in [0.4, 0.5) is 0 Å². The van der Waals surface area contributed by atoms with E-state index < -0.39 is 0 Å². The molecule has 2 N–H and O–H groups in total. The zero-order valence-electron chi connectivity index (χ0n) is 10.1. The molecule has 0 amide bonds. The first-order valence-corrected chi connectivity index (χ1v) is 6.64. The molecule has 0 saturated heterocycles. The van der Waals surface area contributed by atoms with E-state index in [0.717, 1.165) is 10.4 Å². The van der Waals surface area contributed by atoms with Crippen molar-refractivity contribution in [3.63, 3.8) is 0 Å². The van der Waals surface area contributed by atoms with Crippen LogP contribution in [-0.4, -0.2) is 14.2 Å². The van der Waals surface area contributed by atoms with Gasteiger partial charge >= 0.3 is 0 Å². The maximum Gasteiger partial charge on any atom is 0.179 e. The molecule has 0 aliphatic rings. The number of hydrogen-bond acceptors (Lipinski definition) is 4. The van der Waals surface area contributed by atoms with Gasteiger partial charge in [-0.2, -0.15) is 0 Å². The zero-order chi connectivity index (χ0) is 13.1. The topological polar surface area (TPSA) is 44.5 Å². The van der Waals surface area contributed by atoms with Crippen LogP contribution in [0, 0.1) is 0 Å². The number of benzene rings is 1. The summed E-state index contributed by atoms with van der Waals surface area (Å²) in [6, 6.07) is 7.38. The normalized spacial score (nSPS) is 12.2. The van der Waals surface area contributed by atoms with Crippen molar-refractivity contribution < 1.29 is 9.47 Å². The summed E-state index contributed by atoms with van der Waals surface area (Å²) < 4.78 is 10.5. The van der Waals surface area contributed by atoms with Crippen molar-refractivity contribution >= 4 is 22.9 Å². The van der Waals surface area contributed by atoms with Crippen LogP contribution in [0.3, 0.4) is 0 Å². The lowest BCUT2D eigenvalue weighted by molar-refractivity contribution is 0.354. The second kappa shape index (κ2) is 5.61. The van der Waals surface area contributed by atoms with E-state index in [0.29, 0.717) is 16.5 Å². The Morgan fingerprint density at radius 3 is 2.56 bits per heavy atom. The Morgan fingerprint density at radius 1 is 1.22 bits per heavy atom. The predicted octanol–water partition coefficient (Wildman–Crippen LogP) is 3.47. The van der Waals surface area contributed by atoms with Gasteiger partial charge in [0.1, 0.15) is 0 Å². The molecule has 1 aromatic carbocycles. The quantitative estimate of drug-likeness (QED) is 0.934. The van der Waals surface area contributed by atoms with E-state index in [1.165, 1.54) is 0 Å². The van der Waals surface area contributed by atoms with E-state index in [1.807, 2.05) is 29.6 Å². The molecule has 1 atom stereocenters. The van der Waals surface area contributed by atoms with Gasteiger partial charge in [0, 0.05) is 4.88 Å². The Labute approximate surface area is 115 Å². The Balaban J connectivity index is 2.46. The molecule has 0 unspecified atom stereocenters. The highest BCUT2D eigenvalue weighted by Gasteiger charge is 2.19. The van der Waals surface area contributed by atoms with Crippen LogP contribution < -0.4 is 15.2 Å². The molecular formula is C13H14ClNO2S. The molecule has 2 aromatic rings. The molecular weight excluding hydrogens is 270 g/mol. The molecule has 0 bridgehead atoms. The number of rotatable bonds is 4. The molecule has 1 heterocycles. The van der Waals surface area contributed by atoms with Gasteiger partial charge in [0.15, 0.2) is 11.5 Å². The summed E-state index contributed by atoms with van der Waals surface area (Å²) in [4.78, 5) is 1.06. The van der Waals surface area contributed by atoms with Gasteiger partial charge < -0.3 is 15.2 Å². The average Bonchev–Trinajstić information content (AvgIpc) is 2.91. The molecule has 0 aliphatic carbocycles. The number of thiophene rings is 1. The summed E-state index contributed by atoms with van der Waals surface area (Å²) in [5.74, 6) is 1.12. The highest BCUT2D eigenvalue weighted by molar-refractivity contribution is 7.10. The van der Waals surface area contributed by atoms with E-state index in [4.69, 9.17) is 26.8 Å². The molecule has 0 saturated carbocycles. The van der Waals surface area contributed by atoms with Crippen LogP contribution in [0.25, 0.3) is 0 Å². The fourth-order valence-electron chi connectivity index (χ4n) is 1.77. The summed E-state index contributed by atoms with van der Waals surface area (Å²) >= 11 is 7.93. The number of halogens is 1. The number of ether oxygens (including phenoxy) is 2. The second-order valence-electron chi connectivity index (χ2n) is 3.70. The van der Waals surface area contributed by atoms with Crippen molar-refractivity contribution in [1.82, 2.24) is 0 Å². The minimum atomic E-state index is -0.252. The van der Waals surface area contributed by atoms with Crippen LogP contribution in [0.1, 0.15) is 16.5 Å². The lowest BCUT2D eigenvalue weighted by Crippen LogP contribution is -2.11. The number of methoxy groups -OCH3 is 2. The van der Waals surface area contributed by atoms with Gasteiger partial charge in [-0.05, 0) is 23.1 Å². The maximum absolute atomic E-state index is 6.32. The van der Waals surface area contributed by atoms with Gasteiger partial charge in [-0.25, -0.2) is 0 Å². The van der Waals surface area contributed by atoms with Crippen LogP contribution in [0.2, 0.25) is 5.02 Å². The van der Waals surface area contributed by atoms with Crippen molar-refractivity contribution in [1.29, 1.82) is 0 Å². The summed E-state index contributed by atoms with van der Waals surface area (Å²) in [7, 11) is 3.14. The first-order valence-electron chi connectivity index (χ1n) is 5.38. The molecule has 3 nitrogen and oxygen atoms in total. The molecule has 0 radical (unpaired) electrons. The summed E-state index contributed by atoms with van der Waals surface area (Å²) in [5.41, 5.74) is 7.04. The molecule has 18 heavy (non-hydrogen) atoms. The Morgan fingerprint density at radius 2 is 2.00 bits per heavy atom. The summed E-state index contributed by atoms with van der Waals surface area (Å²) in [5, 5.41) is 2.49. The van der Waals surface area contributed by atoms with Gasteiger partial charge in [0.25, 0.3) is 0 Å². The van der Waals surface area contributed by atoms with Crippen molar-refractivity contribution in [2.24, 2.45) is 5.73 Å². The number of nitrogens with two attached hydrogens (primary N) is 1. The lowest BCUT2D eigenvalue weighted by Gasteiger charge is -2.16. The molecule has 1 aromatic heterocycles. The highest BCUT2D eigenvalue weighted by Crippen LogP contribution is 2.40. The number of hydrogen-bond donors (Lipinski definition) is 1. The first kappa shape index (κ1) is 13.2. The largest absolute Gasteiger partial charge is 0.493 e. The van der Waals surface area contributed by atoms with Gasteiger partial charge in [0.2, 0.25) is 0 Å². The zero-order valence-corrected chi connectivity index (χ0v) is 11.7. The lowest BCUT2D eigenvalue weighted by atomic mass is 10.1. The van der Waals surface area contributed by atoms with Crippen molar-refractivity contribution in [2.45, 2.75) is 6.04 Å². The standard InChI is InChI=1S/C13H14ClNO2S/c1-16-9-6-5-8(11(14)13(9)17-2)12(15)10-4-3-7-18-10/h3-7,12H,15H2,1-2H3/t12-/m0/s1. The van der Waals surface area contributed by atoms with Crippen LogP contribution in [0.5, 0.6) is 11.5 Å².